The Kier molecular flexibility index (Phi) is 3.72. The average Bonchev–Trinajstić information content (AvgIpc) is 3.28. The summed E-state index contributed by atoms with van der Waals surface area (Å²) < 4.78 is 0. The average molecular weight is 388 g/mol. The summed E-state index contributed by atoms with van der Waals surface area (Å²) in [4.78, 5) is 49.5. The molecule has 1 saturated heterocycles. The normalized spacial score (nSPS) is 22.4. The fourth-order valence-electron chi connectivity index (χ4n) is 3.76. The maximum absolute atomic E-state index is 12.9. The predicted molar refractivity (Wildman–Crippen MR) is 87.9 cm³/mol. The van der Waals surface area contributed by atoms with E-state index in [0.717, 1.165) is 20.2 Å². The van der Waals surface area contributed by atoms with E-state index in [-0.39, 0.29) is 10.6 Å². The topological polar surface area (TPSA) is 148 Å². The lowest BCUT2D eigenvalue weighted by molar-refractivity contribution is -0.384. The fraction of sp³-hybridized carbons (Fsp3) is 0.312. The second kappa shape index (κ2) is 5.50. The molecule has 2 aliphatic rings. The molecular formula is C16H10ClN5O5. The van der Waals surface area contributed by atoms with E-state index in [9.17, 15) is 35.0 Å². The molecule has 136 valence electrons. The largest absolute Gasteiger partial charge is 0.332 e. The number of amides is 4. The number of benzene rings is 1. The van der Waals surface area contributed by atoms with Crippen LogP contribution in [0, 0.1) is 43.6 Å². The van der Waals surface area contributed by atoms with Gasteiger partial charge in [0.2, 0.25) is 11.8 Å². The Balaban J connectivity index is 2.27. The zero-order valence-corrected chi connectivity index (χ0v) is 14.7. The minimum absolute atomic E-state index is 0.0621. The maximum Gasteiger partial charge on any atom is 0.332 e. The highest BCUT2D eigenvalue weighted by molar-refractivity contribution is 6.32. The Morgan fingerprint density at radius 1 is 1.15 bits per heavy atom. The smallest absolute Gasteiger partial charge is 0.273 e. The molecule has 2 fully saturated rings. The van der Waals surface area contributed by atoms with E-state index in [1.54, 1.807) is 12.1 Å². The summed E-state index contributed by atoms with van der Waals surface area (Å²) in [7, 11) is 2.27. The summed E-state index contributed by atoms with van der Waals surface area (Å²) in [5.74, 6) is -3.28. The lowest BCUT2D eigenvalue weighted by atomic mass is 9.90. The lowest BCUT2D eigenvalue weighted by Gasteiger charge is -2.34. The van der Waals surface area contributed by atoms with Gasteiger partial charge in [-0.2, -0.15) is 10.5 Å². The van der Waals surface area contributed by atoms with Crippen LogP contribution in [-0.2, 0) is 9.59 Å². The Bertz CT molecular complexity index is 985. The standard InChI is InChI=1S/C16H10ClN5O5/c1-20-12(23)16(13(24)21(2)14(20)25)11(15(16,6-18)7-19)8-3-4-9(17)10(5-8)22(26)27/h3-5,11H,1-2H3. The Hall–Kier alpha value is -3.50. The van der Waals surface area contributed by atoms with Crippen molar-refractivity contribution in [1.29, 1.82) is 10.5 Å². The third-order valence-corrected chi connectivity index (χ3v) is 5.44. The summed E-state index contributed by atoms with van der Waals surface area (Å²) in [6.07, 6.45) is 0. The van der Waals surface area contributed by atoms with Crippen molar-refractivity contribution in [3.05, 3.63) is 38.9 Å². The first kappa shape index (κ1) is 18.3. The zero-order valence-electron chi connectivity index (χ0n) is 14.0. The zero-order chi connectivity index (χ0) is 20.3. The molecule has 3 rings (SSSR count). The van der Waals surface area contributed by atoms with Crippen molar-refractivity contribution in [2.75, 3.05) is 14.1 Å². The number of urea groups is 1. The van der Waals surface area contributed by atoms with Gasteiger partial charge in [0, 0.05) is 26.1 Å². The number of hydrogen-bond acceptors (Lipinski definition) is 7. The third-order valence-electron chi connectivity index (χ3n) is 5.12. The number of rotatable bonds is 2. The van der Waals surface area contributed by atoms with Crippen molar-refractivity contribution < 1.29 is 19.3 Å². The maximum atomic E-state index is 12.9. The second-order valence-electron chi connectivity index (χ2n) is 6.25. The van der Waals surface area contributed by atoms with E-state index in [1.165, 1.54) is 12.1 Å². The molecule has 11 heteroatoms. The molecule has 1 aliphatic carbocycles. The van der Waals surface area contributed by atoms with Crippen LogP contribution in [-0.4, -0.2) is 46.7 Å². The number of nitro groups is 1. The van der Waals surface area contributed by atoms with Crippen LogP contribution in [0.3, 0.4) is 0 Å². The Morgan fingerprint density at radius 3 is 2.11 bits per heavy atom. The van der Waals surface area contributed by atoms with E-state index in [4.69, 9.17) is 11.6 Å². The van der Waals surface area contributed by atoms with Gasteiger partial charge in [-0.3, -0.25) is 29.5 Å². The highest BCUT2D eigenvalue weighted by atomic mass is 35.5. The first-order chi connectivity index (χ1) is 12.6. The van der Waals surface area contributed by atoms with Crippen LogP contribution in [0.25, 0.3) is 0 Å². The number of carbonyl (C=O) groups is 3. The lowest BCUT2D eigenvalue weighted by Crippen LogP contribution is -2.59. The van der Waals surface area contributed by atoms with Gasteiger partial charge in [0.05, 0.1) is 17.1 Å². The minimum Gasteiger partial charge on any atom is -0.273 e. The molecule has 10 nitrogen and oxygen atoms in total. The molecule has 1 aromatic rings. The molecule has 1 unspecified atom stereocenters. The van der Waals surface area contributed by atoms with Crippen LogP contribution in [0.4, 0.5) is 10.5 Å². The summed E-state index contributed by atoms with van der Waals surface area (Å²) in [5.41, 5.74) is -4.69. The first-order valence-corrected chi connectivity index (χ1v) is 7.86. The molecule has 0 aromatic heterocycles. The summed E-state index contributed by atoms with van der Waals surface area (Å²) >= 11 is 5.79. The van der Waals surface area contributed by atoms with Crippen molar-refractivity contribution in [2.24, 2.45) is 10.8 Å². The van der Waals surface area contributed by atoms with Gasteiger partial charge in [-0.1, -0.05) is 17.7 Å². The molecule has 1 saturated carbocycles. The van der Waals surface area contributed by atoms with Gasteiger partial charge in [0.15, 0.2) is 10.8 Å². The molecule has 1 heterocycles. The summed E-state index contributed by atoms with van der Waals surface area (Å²) in [5, 5.41) is 30.3. The molecule has 0 N–H and O–H groups in total. The van der Waals surface area contributed by atoms with Crippen molar-refractivity contribution >= 4 is 35.1 Å². The van der Waals surface area contributed by atoms with Crippen LogP contribution in [0.5, 0.6) is 0 Å². The monoisotopic (exact) mass is 387 g/mol. The molecule has 4 amide bonds. The second-order valence-corrected chi connectivity index (χ2v) is 6.66. The van der Waals surface area contributed by atoms with Crippen LogP contribution in [0.2, 0.25) is 5.02 Å². The highest BCUT2D eigenvalue weighted by Gasteiger charge is 2.89. The van der Waals surface area contributed by atoms with Crippen molar-refractivity contribution in [1.82, 2.24) is 9.80 Å². The molecular weight excluding hydrogens is 378 g/mol. The number of imide groups is 2. The SMILES string of the molecule is CN1C(=O)N(C)C(=O)C2(C1=O)C(c1ccc(Cl)c([N+](=O)[O-])c1)C2(C#N)C#N. The number of hydrogen-bond donors (Lipinski definition) is 0. The van der Waals surface area contributed by atoms with Crippen LogP contribution in [0.1, 0.15) is 11.5 Å². The first-order valence-electron chi connectivity index (χ1n) is 7.48. The van der Waals surface area contributed by atoms with Crippen molar-refractivity contribution in [2.45, 2.75) is 5.92 Å². The van der Waals surface area contributed by atoms with E-state index >= 15 is 0 Å². The van der Waals surface area contributed by atoms with Gasteiger partial charge >= 0.3 is 6.03 Å². The Labute approximate surface area is 157 Å². The van der Waals surface area contributed by atoms with Crippen molar-refractivity contribution in [3.63, 3.8) is 0 Å². The van der Waals surface area contributed by atoms with Crippen LogP contribution in [0.15, 0.2) is 18.2 Å². The molecule has 1 atom stereocenters. The fourth-order valence-corrected chi connectivity index (χ4v) is 3.94. The van der Waals surface area contributed by atoms with E-state index in [1.807, 2.05) is 0 Å². The van der Waals surface area contributed by atoms with E-state index in [0.29, 0.717) is 9.80 Å². The van der Waals surface area contributed by atoms with Crippen LogP contribution < -0.4 is 0 Å². The van der Waals surface area contributed by atoms with Crippen LogP contribution >= 0.6 is 11.6 Å². The molecule has 1 aromatic carbocycles. The number of carbonyl (C=O) groups excluding carboxylic acids is 3. The summed E-state index contributed by atoms with van der Waals surface area (Å²) in [6, 6.07) is 6.08. The molecule has 1 spiro atoms. The summed E-state index contributed by atoms with van der Waals surface area (Å²) in [6.45, 7) is 0. The molecule has 27 heavy (non-hydrogen) atoms. The number of barbiturate groups is 1. The van der Waals surface area contributed by atoms with E-state index < -0.39 is 45.2 Å². The number of halogens is 1. The molecule has 0 bridgehead atoms. The van der Waals surface area contributed by atoms with Gasteiger partial charge in [0.25, 0.3) is 5.69 Å². The van der Waals surface area contributed by atoms with E-state index in [2.05, 4.69) is 0 Å². The van der Waals surface area contributed by atoms with Gasteiger partial charge in [-0.25, -0.2) is 4.79 Å². The number of nitriles is 2. The third kappa shape index (κ3) is 1.90. The van der Waals surface area contributed by atoms with Gasteiger partial charge in [-0.05, 0) is 11.6 Å². The van der Waals surface area contributed by atoms with Gasteiger partial charge < -0.3 is 0 Å². The quantitative estimate of drug-likeness (QED) is 0.423. The van der Waals surface area contributed by atoms with Gasteiger partial charge in [-0.15, -0.1) is 0 Å². The number of nitro benzene ring substituents is 1. The number of nitrogens with zero attached hydrogens (tertiary/aromatic N) is 5. The molecule has 1 aliphatic heterocycles. The van der Waals surface area contributed by atoms with Gasteiger partial charge in [0.1, 0.15) is 5.02 Å². The highest BCUT2D eigenvalue weighted by Crippen LogP contribution is 2.76. The Morgan fingerprint density at radius 2 is 1.67 bits per heavy atom. The van der Waals surface area contributed by atoms with Crippen molar-refractivity contribution in [3.8, 4) is 12.1 Å². The minimum atomic E-state index is -2.16. The predicted octanol–water partition coefficient (Wildman–Crippen LogP) is 1.42. The molecule has 0 radical (unpaired) electrons.